The van der Waals surface area contributed by atoms with Gasteiger partial charge in [-0.15, -0.1) is 0 Å². The Morgan fingerprint density at radius 3 is 2.84 bits per heavy atom. The van der Waals surface area contributed by atoms with Crippen LogP contribution in [-0.4, -0.2) is 16.6 Å². The van der Waals surface area contributed by atoms with E-state index in [4.69, 9.17) is 10.3 Å². The van der Waals surface area contributed by atoms with Crippen molar-refractivity contribution in [2.75, 3.05) is 12.3 Å². The summed E-state index contributed by atoms with van der Waals surface area (Å²) >= 11 is 0. The van der Waals surface area contributed by atoms with E-state index in [1.165, 1.54) is 18.4 Å². The standard InChI is InChI=1S/C15H19N3O/c16-15-10-13(17-19-15)14-8-4-5-9-18(14)11-12-6-2-1-3-7-12/h1-3,6-7,10,14H,4-5,8-9,11,16H2. The van der Waals surface area contributed by atoms with Crippen molar-refractivity contribution in [3.05, 3.63) is 47.7 Å². The molecule has 0 radical (unpaired) electrons. The van der Waals surface area contributed by atoms with Crippen LogP contribution in [0.1, 0.15) is 36.6 Å². The lowest BCUT2D eigenvalue weighted by molar-refractivity contribution is 0.134. The fourth-order valence-corrected chi connectivity index (χ4v) is 2.79. The summed E-state index contributed by atoms with van der Waals surface area (Å²) in [5.41, 5.74) is 7.94. The molecule has 4 nitrogen and oxygen atoms in total. The highest BCUT2D eigenvalue weighted by Gasteiger charge is 2.26. The van der Waals surface area contributed by atoms with Gasteiger partial charge in [0.2, 0.25) is 5.88 Å². The van der Waals surface area contributed by atoms with Crippen LogP contribution < -0.4 is 5.73 Å². The van der Waals surface area contributed by atoms with Gasteiger partial charge in [-0.2, -0.15) is 0 Å². The topological polar surface area (TPSA) is 55.3 Å². The van der Waals surface area contributed by atoms with Crippen LogP contribution in [0.15, 0.2) is 40.9 Å². The Morgan fingerprint density at radius 1 is 1.26 bits per heavy atom. The van der Waals surface area contributed by atoms with Crippen LogP contribution in [0.3, 0.4) is 0 Å². The summed E-state index contributed by atoms with van der Waals surface area (Å²) in [6.07, 6.45) is 3.61. The third-order valence-electron chi connectivity index (χ3n) is 3.73. The van der Waals surface area contributed by atoms with Gasteiger partial charge in [0.05, 0.1) is 6.04 Å². The number of rotatable bonds is 3. The van der Waals surface area contributed by atoms with Crippen molar-refractivity contribution in [2.24, 2.45) is 0 Å². The van der Waals surface area contributed by atoms with Crippen molar-refractivity contribution < 1.29 is 4.52 Å². The van der Waals surface area contributed by atoms with Gasteiger partial charge < -0.3 is 10.3 Å². The molecule has 0 bridgehead atoms. The van der Waals surface area contributed by atoms with Crippen LogP contribution in [0, 0.1) is 0 Å². The Morgan fingerprint density at radius 2 is 2.11 bits per heavy atom. The van der Waals surface area contributed by atoms with E-state index in [0.29, 0.717) is 11.9 Å². The maximum absolute atomic E-state index is 5.64. The van der Waals surface area contributed by atoms with Gasteiger partial charge in [-0.05, 0) is 24.9 Å². The molecule has 2 N–H and O–H groups in total. The number of nitrogens with two attached hydrogens (primary N) is 1. The quantitative estimate of drug-likeness (QED) is 0.918. The Labute approximate surface area is 113 Å². The van der Waals surface area contributed by atoms with E-state index in [2.05, 4.69) is 40.4 Å². The molecule has 2 heterocycles. The van der Waals surface area contributed by atoms with E-state index >= 15 is 0 Å². The monoisotopic (exact) mass is 257 g/mol. The van der Waals surface area contributed by atoms with Gasteiger partial charge in [0, 0.05) is 12.6 Å². The molecule has 0 aliphatic carbocycles. The van der Waals surface area contributed by atoms with Gasteiger partial charge in [-0.25, -0.2) is 0 Å². The van der Waals surface area contributed by atoms with E-state index in [1.807, 2.05) is 6.07 Å². The van der Waals surface area contributed by atoms with Crippen molar-refractivity contribution >= 4 is 5.88 Å². The van der Waals surface area contributed by atoms with Gasteiger partial charge in [0.1, 0.15) is 5.69 Å². The summed E-state index contributed by atoms with van der Waals surface area (Å²) in [6.45, 7) is 2.06. The Kier molecular flexibility index (Phi) is 3.51. The minimum atomic E-state index is 0.329. The molecular weight excluding hydrogens is 238 g/mol. The van der Waals surface area contributed by atoms with Crippen LogP contribution >= 0.6 is 0 Å². The number of likely N-dealkylation sites (tertiary alicyclic amines) is 1. The predicted molar refractivity (Wildman–Crippen MR) is 74.4 cm³/mol. The number of hydrogen-bond donors (Lipinski definition) is 1. The number of benzene rings is 1. The fraction of sp³-hybridized carbons (Fsp3) is 0.400. The first kappa shape index (κ1) is 12.2. The number of anilines is 1. The second-order valence-electron chi connectivity index (χ2n) is 5.12. The van der Waals surface area contributed by atoms with Crippen molar-refractivity contribution in [1.29, 1.82) is 0 Å². The Hall–Kier alpha value is -1.81. The Balaban J connectivity index is 1.77. The summed E-state index contributed by atoms with van der Waals surface area (Å²) in [4.78, 5) is 2.47. The third kappa shape index (κ3) is 2.79. The van der Waals surface area contributed by atoms with Crippen LogP contribution in [0.2, 0.25) is 0 Å². The SMILES string of the molecule is Nc1cc(C2CCCCN2Cc2ccccc2)no1. The van der Waals surface area contributed by atoms with Crippen LogP contribution in [0.4, 0.5) is 5.88 Å². The number of piperidine rings is 1. The first-order valence-corrected chi connectivity index (χ1v) is 6.83. The van der Waals surface area contributed by atoms with E-state index in [1.54, 1.807) is 0 Å². The lowest BCUT2D eigenvalue weighted by Gasteiger charge is -2.34. The predicted octanol–water partition coefficient (Wildman–Crippen LogP) is 2.98. The molecule has 4 heteroatoms. The molecular formula is C15H19N3O. The molecule has 0 saturated carbocycles. The highest BCUT2D eigenvalue weighted by Crippen LogP contribution is 2.32. The first-order chi connectivity index (χ1) is 9.33. The van der Waals surface area contributed by atoms with E-state index < -0.39 is 0 Å². The first-order valence-electron chi connectivity index (χ1n) is 6.83. The summed E-state index contributed by atoms with van der Waals surface area (Å²) < 4.78 is 5.02. The van der Waals surface area contributed by atoms with Crippen LogP contribution in [0.25, 0.3) is 0 Å². The van der Waals surface area contributed by atoms with Gasteiger partial charge in [-0.1, -0.05) is 41.9 Å². The second kappa shape index (κ2) is 5.45. The molecule has 1 unspecified atom stereocenters. The van der Waals surface area contributed by atoms with Crippen molar-refractivity contribution in [3.63, 3.8) is 0 Å². The van der Waals surface area contributed by atoms with Gasteiger partial charge >= 0.3 is 0 Å². The summed E-state index contributed by atoms with van der Waals surface area (Å²) in [7, 11) is 0. The van der Waals surface area contributed by atoms with E-state index in [-0.39, 0.29) is 0 Å². The van der Waals surface area contributed by atoms with Gasteiger partial charge in [0.15, 0.2) is 0 Å². The number of hydrogen-bond acceptors (Lipinski definition) is 4. The molecule has 1 aliphatic rings. The zero-order valence-corrected chi connectivity index (χ0v) is 11.0. The molecule has 1 aliphatic heterocycles. The second-order valence-corrected chi connectivity index (χ2v) is 5.12. The summed E-state index contributed by atoms with van der Waals surface area (Å²) in [6, 6.07) is 12.7. The highest BCUT2D eigenvalue weighted by atomic mass is 16.5. The normalized spacial score (nSPS) is 20.5. The van der Waals surface area contributed by atoms with Crippen LogP contribution in [-0.2, 0) is 6.54 Å². The molecule has 1 aromatic carbocycles. The molecule has 19 heavy (non-hydrogen) atoms. The third-order valence-corrected chi connectivity index (χ3v) is 3.73. The molecule has 1 atom stereocenters. The van der Waals surface area contributed by atoms with Gasteiger partial charge in [-0.3, -0.25) is 4.90 Å². The molecule has 1 fully saturated rings. The minimum Gasteiger partial charge on any atom is -0.368 e. The van der Waals surface area contributed by atoms with Crippen LogP contribution in [0.5, 0.6) is 0 Å². The maximum atomic E-state index is 5.64. The molecule has 1 aromatic heterocycles. The zero-order valence-electron chi connectivity index (χ0n) is 11.0. The lowest BCUT2D eigenvalue weighted by Crippen LogP contribution is -2.33. The minimum absolute atomic E-state index is 0.329. The van der Waals surface area contributed by atoms with Gasteiger partial charge in [0.25, 0.3) is 0 Å². The van der Waals surface area contributed by atoms with Crippen molar-refractivity contribution in [1.82, 2.24) is 10.1 Å². The largest absolute Gasteiger partial charge is 0.368 e. The molecule has 0 spiro atoms. The molecule has 3 rings (SSSR count). The summed E-state index contributed by atoms with van der Waals surface area (Å²) in [5.74, 6) is 0.403. The summed E-state index contributed by atoms with van der Waals surface area (Å²) in [5, 5.41) is 4.09. The maximum Gasteiger partial charge on any atom is 0.222 e. The zero-order chi connectivity index (χ0) is 13.1. The fourth-order valence-electron chi connectivity index (χ4n) is 2.79. The lowest BCUT2D eigenvalue weighted by atomic mass is 9.98. The van der Waals surface area contributed by atoms with Crippen molar-refractivity contribution in [3.8, 4) is 0 Å². The average Bonchev–Trinajstić information content (AvgIpc) is 2.87. The molecule has 1 saturated heterocycles. The number of nitrogen functional groups attached to an aromatic ring is 1. The molecule has 100 valence electrons. The smallest absolute Gasteiger partial charge is 0.222 e. The van der Waals surface area contributed by atoms with Crippen molar-refractivity contribution in [2.45, 2.75) is 31.8 Å². The number of aromatic nitrogens is 1. The molecule has 0 amide bonds. The molecule has 2 aromatic rings. The average molecular weight is 257 g/mol. The Bertz CT molecular complexity index is 523. The van der Waals surface area contributed by atoms with E-state index in [9.17, 15) is 0 Å². The highest BCUT2D eigenvalue weighted by molar-refractivity contribution is 5.26. The number of nitrogens with zero attached hydrogens (tertiary/aromatic N) is 2. The van der Waals surface area contributed by atoms with E-state index in [0.717, 1.165) is 25.2 Å².